The number of hydrogen-bond donors (Lipinski definition) is 1. The van der Waals surface area contributed by atoms with Gasteiger partial charge < -0.3 is 4.74 Å². The average molecular weight is 382 g/mol. The Hall–Kier alpha value is -2.99. The number of para-hydroxylation sites is 1. The van der Waals surface area contributed by atoms with E-state index in [1.165, 1.54) is 23.5 Å². The first kappa shape index (κ1) is 18.8. The van der Waals surface area contributed by atoms with Crippen molar-refractivity contribution in [1.29, 1.82) is 0 Å². The van der Waals surface area contributed by atoms with E-state index in [-0.39, 0.29) is 18.3 Å². The molecule has 1 heterocycles. The molecule has 0 spiro atoms. The van der Waals surface area contributed by atoms with Crippen LogP contribution in [0.2, 0.25) is 0 Å². The highest BCUT2D eigenvalue weighted by Crippen LogP contribution is 2.30. The van der Waals surface area contributed by atoms with Crippen LogP contribution in [0.3, 0.4) is 0 Å². The number of anilines is 1. The predicted octanol–water partition coefficient (Wildman–Crippen LogP) is 5.00. The number of rotatable bonds is 7. The summed E-state index contributed by atoms with van der Waals surface area (Å²) in [5.41, 5.74) is 2.51. The molecule has 2 aromatic carbocycles. The third-order valence-electron chi connectivity index (χ3n) is 3.86. The molecule has 0 aliphatic rings. The molecule has 0 aliphatic heterocycles. The second kappa shape index (κ2) is 8.60. The molecule has 4 nitrogen and oxygen atoms in total. The molecule has 0 fully saturated rings. The molecular weight excluding hydrogens is 363 g/mol. The van der Waals surface area contributed by atoms with Gasteiger partial charge in [0, 0.05) is 10.4 Å². The van der Waals surface area contributed by atoms with Gasteiger partial charge in [-0.1, -0.05) is 24.3 Å². The number of nitrogens with one attached hydrogen (secondary N) is 1. The summed E-state index contributed by atoms with van der Waals surface area (Å²) in [6, 6.07) is 13.7. The molecular formula is C21H19FN2O2S. The monoisotopic (exact) mass is 382 g/mol. The second-order valence-electron chi connectivity index (χ2n) is 5.87. The first-order valence-corrected chi connectivity index (χ1v) is 9.23. The fourth-order valence-corrected chi connectivity index (χ4v) is 3.44. The van der Waals surface area contributed by atoms with Gasteiger partial charge in [0.25, 0.3) is 5.91 Å². The van der Waals surface area contributed by atoms with Crippen molar-refractivity contribution in [2.75, 3.05) is 11.9 Å². The first-order valence-electron chi connectivity index (χ1n) is 8.41. The highest BCUT2D eigenvalue weighted by atomic mass is 32.1. The Bertz CT molecular complexity index is 951. The van der Waals surface area contributed by atoms with Crippen LogP contribution in [0.15, 0.2) is 61.2 Å². The van der Waals surface area contributed by atoms with E-state index in [2.05, 4.69) is 16.9 Å². The second-order valence-corrected chi connectivity index (χ2v) is 7.07. The fourth-order valence-electron chi connectivity index (χ4n) is 2.59. The van der Waals surface area contributed by atoms with Gasteiger partial charge in [-0.05, 0) is 49.2 Å². The van der Waals surface area contributed by atoms with Gasteiger partial charge in [-0.3, -0.25) is 10.1 Å². The molecule has 0 saturated carbocycles. The van der Waals surface area contributed by atoms with Gasteiger partial charge in [-0.2, -0.15) is 0 Å². The Balaban J connectivity index is 1.64. The molecule has 6 heteroatoms. The lowest BCUT2D eigenvalue weighted by molar-refractivity contribution is -0.118. The molecule has 0 radical (unpaired) electrons. The summed E-state index contributed by atoms with van der Waals surface area (Å²) in [5.74, 6) is 0.0757. The number of hydrogen-bond acceptors (Lipinski definition) is 4. The molecule has 138 valence electrons. The number of ether oxygens (including phenoxy) is 1. The Kier molecular flexibility index (Phi) is 5.98. The lowest BCUT2D eigenvalue weighted by atomic mass is 10.1. The van der Waals surface area contributed by atoms with Crippen molar-refractivity contribution in [3.05, 3.63) is 77.4 Å². The zero-order valence-corrected chi connectivity index (χ0v) is 15.7. The molecule has 0 aliphatic carbocycles. The molecule has 0 saturated heterocycles. The van der Waals surface area contributed by atoms with E-state index in [9.17, 15) is 9.18 Å². The average Bonchev–Trinajstić information content (AvgIpc) is 3.02. The number of thiazole rings is 1. The standard InChI is InChI=1S/C21H19FN2O2S/c1-3-6-15-7-4-5-8-18(15)26-13-19(25)23-21-24-20(14(2)27-21)16-9-11-17(22)12-10-16/h3-5,7-12H,1,6,13H2,2H3,(H,23,24,25). The van der Waals surface area contributed by atoms with E-state index >= 15 is 0 Å². The van der Waals surface area contributed by atoms with Crippen molar-refractivity contribution in [1.82, 2.24) is 4.98 Å². The molecule has 0 atom stereocenters. The number of aromatic nitrogens is 1. The summed E-state index contributed by atoms with van der Waals surface area (Å²) >= 11 is 1.37. The van der Waals surface area contributed by atoms with Crippen LogP contribution in [0, 0.1) is 12.7 Å². The minimum Gasteiger partial charge on any atom is -0.483 e. The van der Waals surface area contributed by atoms with Crippen molar-refractivity contribution in [3.63, 3.8) is 0 Å². The largest absolute Gasteiger partial charge is 0.483 e. The zero-order valence-electron chi connectivity index (χ0n) is 14.9. The quantitative estimate of drug-likeness (QED) is 0.585. The molecule has 27 heavy (non-hydrogen) atoms. The Morgan fingerprint density at radius 1 is 1.26 bits per heavy atom. The lowest BCUT2D eigenvalue weighted by Gasteiger charge is -2.09. The van der Waals surface area contributed by atoms with Gasteiger partial charge in [0.05, 0.1) is 5.69 Å². The van der Waals surface area contributed by atoms with Crippen LogP contribution in [0.1, 0.15) is 10.4 Å². The number of carbonyl (C=O) groups is 1. The number of benzene rings is 2. The predicted molar refractivity (Wildman–Crippen MR) is 107 cm³/mol. The van der Waals surface area contributed by atoms with Gasteiger partial charge in [-0.25, -0.2) is 9.37 Å². The normalized spacial score (nSPS) is 10.4. The van der Waals surface area contributed by atoms with Crippen molar-refractivity contribution < 1.29 is 13.9 Å². The summed E-state index contributed by atoms with van der Waals surface area (Å²) < 4.78 is 18.7. The molecule has 1 N–H and O–H groups in total. The van der Waals surface area contributed by atoms with E-state index in [0.717, 1.165) is 21.7 Å². The smallest absolute Gasteiger partial charge is 0.264 e. The summed E-state index contributed by atoms with van der Waals surface area (Å²) in [4.78, 5) is 17.6. The van der Waals surface area contributed by atoms with Crippen LogP contribution < -0.4 is 10.1 Å². The molecule has 0 unspecified atom stereocenters. The van der Waals surface area contributed by atoms with Crippen molar-refractivity contribution >= 4 is 22.4 Å². The van der Waals surface area contributed by atoms with Crippen LogP contribution in [0.5, 0.6) is 5.75 Å². The summed E-state index contributed by atoms with van der Waals surface area (Å²) in [5, 5.41) is 3.24. The molecule has 0 bridgehead atoms. The fraction of sp³-hybridized carbons (Fsp3) is 0.143. The van der Waals surface area contributed by atoms with Crippen LogP contribution in [-0.4, -0.2) is 17.5 Å². The zero-order chi connectivity index (χ0) is 19.2. The number of amides is 1. The Labute approximate surface area is 161 Å². The lowest BCUT2D eigenvalue weighted by Crippen LogP contribution is -2.20. The third kappa shape index (κ3) is 4.80. The maximum Gasteiger partial charge on any atom is 0.264 e. The van der Waals surface area contributed by atoms with E-state index in [1.807, 2.05) is 31.2 Å². The first-order chi connectivity index (χ1) is 13.1. The molecule has 1 aromatic heterocycles. The van der Waals surface area contributed by atoms with Crippen LogP contribution in [-0.2, 0) is 11.2 Å². The van der Waals surface area contributed by atoms with Gasteiger partial charge in [-0.15, -0.1) is 17.9 Å². The van der Waals surface area contributed by atoms with Gasteiger partial charge in [0.1, 0.15) is 11.6 Å². The van der Waals surface area contributed by atoms with Crippen molar-refractivity contribution in [2.24, 2.45) is 0 Å². The minimum atomic E-state index is -0.297. The van der Waals surface area contributed by atoms with E-state index < -0.39 is 0 Å². The van der Waals surface area contributed by atoms with Crippen LogP contribution >= 0.6 is 11.3 Å². The SMILES string of the molecule is C=CCc1ccccc1OCC(=O)Nc1nc(-c2ccc(F)cc2)c(C)s1. The van der Waals surface area contributed by atoms with Gasteiger partial charge >= 0.3 is 0 Å². The van der Waals surface area contributed by atoms with Crippen molar-refractivity contribution in [3.8, 4) is 17.0 Å². The third-order valence-corrected chi connectivity index (χ3v) is 4.74. The maximum absolute atomic E-state index is 13.1. The van der Waals surface area contributed by atoms with Gasteiger partial charge in [0.15, 0.2) is 11.7 Å². The number of aryl methyl sites for hydroxylation is 1. The molecule has 3 rings (SSSR count). The van der Waals surface area contributed by atoms with Crippen LogP contribution in [0.4, 0.5) is 9.52 Å². The summed E-state index contributed by atoms with van der Waals surface area (Å²) in [7, 11) is 0. The van der Waals surface area contributed by atoms with Gasteiger partial charge in [0.2, 0.25) is 0 Å². The number of carbonyl (C=O) groups excluding carboxylic acids is 1. The van der Waals surface area contributed by atoms with E-state index in [0.29, 0.717) is 17.3 Å². The minimum absolute atomic E-state index is 0.112. The van der Waals surface area contributed by atoms with Crippen LogP contribution in [0.25, 0.3) is 11.3 Å². The van der Waals surface area contributed by atoms with E-state index in [1.54, 1.807) is 18.2 Å². The number of allylic oxidation sites excluding steroid dienone is 1. The highest BCUT2D eigenvalue weighted by molar-refractivity contribution is 7.16. The summed E-state index contributed by atoms with van der Waals surface area (Å²) in [6.07, 6.45) is 2.46. The highest BCUT2D eigenvalue weighted by Gasteiger charge is 2.13. The number of halogens is 1. The van der Waals surface area contributed by atoms with Crippen molar-refractivity contribution in [2.45, 2.75) is 13.3 Å². The Morgan fingerprint density at radius 2 is 2.00 bits per heavy atom. The maximum atomic E-state index is 13.1. The Morgan fingerprint density at radius 3 is 2.74 bits per heavy atom. The topological polar surface area (TPSA) is 51.2 Å². The molecule has 3 aromatic rings. The van der Waals surface area contributed by atoms with E-state index in [4.69, 9.17) is 4.74 Å². The number of nitrogens with zero attached hydrogens (tertiary/aromatic N) is 1. The molecule has 1 amide bonds. The summed E-state index contributed by atoms with van der Waals surface area (Å²) in [6.45, 7) is 5.52.